The number of aromatic nitrogens is 1. The number of carbonyl (C=O) groups excluding carboxylic acids is 2. The Labute approximate surface area is 153 Å². The summed E-state index contributed by atoms with van der Waals surface area (Å²) in [5.74, 6) is 0.664. The highest BCUT2D eigenvalue weighted by Gasteiger charge is 2.10. The smallest absolute Gasteiger partial charge is 0.246 e. The summed E-state index contributed by atoms with van der Waals surface area (Å²) < 4.78 is 5.86. The van der Waals surface area contributed by atoms with E-state index >= 15 is 0 Å². The third-order valence-electron chi connectivity index (χ3n) is 3.99. The lowest BCUT2D eigenvalue weighted by molar-refractivity contribution is -0.131. The first kappa shape index (κ1) is 19.2. The quantitative estimate of drug-likeness (QED) is 0.777. The lowest BCUT2D eigenvalue weighted by Crippen LogP contribution is -2.37. The average Bonchev–Trinajstić information content (AvgIpc) is 2.63. The van der Waals surface area contributed by atoms with Crippen LogP contribution in [0.25, 0.3) is 0 Å². The first-order chi connectivity index (χ1) is 12.4. The summed E-state index contributed by atoms with van der Waals surface area (Å²) in [4.78, 5) is 28.8. The van der Waals surface area contributed by atoms with Crippen molar-refractivity contribution in [2.24, 2.45) is 0 Å². The molecule has 26 heavy (non-hydrogen) atoms. The Morgan fingerprint density at radius 2 is 2.08 bits per heavy atom. The second-order valence-corrected chi connectivity index (χ2v) is 5.98. The Hall–Kier alpha value is -3.15. The molecule has 0 radical (unpaired) electrons. The fraction of sp³-hybridized carbons (Fsp3) is 0.250. The molecule has 136 valence electrons. The summed E-state index contributed by atoms with van der Waals surface area (Å²) in [7, 11) is 1.55. The van der Waals surface area contributed by atoms with E-state index < -0.39 is 0 Å². The van der Waals surface area contributed by atoms with E-state index in [9.17, 15) is 9.59 Å². The average molecular weight is 353 g/mol. The standard InChI is InChI=1S/C20H23N3O3/c1-5-20(25)23(4)13-18(24)22-12-16-9-10-21-19(11-16)26-17-8-6-7-14(2)15(17)3/h5-11H,1,12-13H2,2-4H3,(H,22,24). The van der Waals surface area contributed by atoms with Crippen LogP contribution in [0.4, 0.5) is 0 Å². The molecule has 6 nitrogen and oxygen atoms in total. The maximum Gasteiger partial charge on any atom is 0.246 e. The molecule has 0 bridgehead atoms. The van der Waals surface area contributed by atoms with Gasteiger partial charge in [0.05, 0.1) is 6.54 Å². The van der Waals surface area contributed by atoms with Crippen LogP contribution in [0.1, 0.15) is 16.7 Å². The van der Waals surface area contributed by atoms with Crippen LogP contribution in [0.3, 0.4) is 0 Å². The van der Waals surface area contributed by atoms with Crippen molar-refractivity contribution in [3.05, 3.63) is 65.9 Å². The van der Waals surface area contributed by atoms with Crippen LogP contribution in [0.2, 0.25) is 0 Å². The number of nitrogens with one attached hydrogen (secondary N) is 1. The van der Waals surface area contributed by atoms with E-state index in [1.54, 1.807) is 25.4 Å². The van der Waals surface area contributed by atoms with Crippen molar-refractivity contribution in [3.63, 3.8) is 0 Å². The number of ether oxygens (including phenoxy) is 1. The van der Waals surface area contributed by atoms with Gasteiger partial charge in [0.1, 0.15) is 5.75 Å². The first-order valence-corrected chi connectivity index (χ1v) is 8.24. The normalized spacial score (nSPS) is 10.1. The number of hydrogen-bond acceptors (Lipinski definition) is 4. The molecule has 0 aliphatic heterocycles. The molecule has 0 fully saturated rings. The maximum absolute atomic E-state index is 11.9. The van der Waals surface area contributed by atoms with Gasteiger partial charge in [0.25, 0.3) is 0 Å². The summed E-state index contributed by atoms with van der Waals surface area (Å²) in [6, 6.07) is 9.43. The zero-order valence-electron chi connectivity index (χ0n) is 15.3. The summed E-state index contributed by atoms with van der Waals surface area (Å²) in [5, 5.41) is 2.77. The first-order valence-electron chi connectivity index (χ1n) is 8.24. The van der Waals surface area contributed by atoms with Gasteiger partial charge in [-0.25, -0.2) is 4.98 Å². The van der Waals surface area contributed by atoms with Gasteiger partial charge in [0, 0.05) is 25.9 Å². The van der Waals surface area contributed by atoms with E-state index in [1.807, 2.05) is 32.0 Å². The number of benzene rings is 1. The number of carbonyl (C=O) groups is 2. The largest absolute Gasteiger partial charge is 0.439 e. The zero-order valence-corrected chi connectivity index (χ0v) is 15.3. The molecule has 1 aromatic heterocycles. The van der Waals surface area contributed by atoms with E-state index in [4.69, 9.17) is 4.74 Å². The van der Waals surface area contributed by atoms with Gasteiger partial charge in [0.15, 0.2) is 0 Å². The van der Waals surface area contributed by atoms with E-state index in [2.05, 4.69) is 16.9 Å². The van der Waals surface area contributed by atoms with Crippen LogP contribution in [0.5, 0.6) is 11.6 Å². The van der Waals surface area contributed by atoms with Crippen LogP contribution in [-0.2, 0) is 16.1 Å². The Kier molecular flexibility index (Phi) is 6.49. The molecule has 6 heteroatoms. The van der Waals surface area contributed by atoms with Gasteiger partial charge in [-0.3, -0.25) is 9.59 Å². The second kappa shape index (κ2) is 8.80. The second-order valence-electron chi connectivity index (χ2n) is 5.98. The molecule has 0 spiro atoms. The summed E-state index contributed by atoms with van der Waals surface area (Å²) in [6.45, 7) is 7.71. The number of rotatable bonds is 7. The zero-order chi connectivity index (χ0) is 19.1. The number of amides is 2. The maximum atomic E-state index is 11.9. The van der Waals surface area contributed by atoms with Gasteiger partial charge in [-0.15, -0.1) is 0 Å². The SMILES string of the molecule is C=CC(=O)N(C)CC(=O)NCc1ccnc(Oc2cccc(C)c2C)c1. The Balaban J connectivity index is 1.96. The van der Waals surface area contributed by atoms with Crippen molar-refractivity contribution < 1.29 is 14.3 Å². The molecule has 2 aromatic rings. The third kappa shape index (κ3) is 5.17. The molecule has 0 atom stereocenters. The number of hydrogen-bond donors (Lipinski definition) is 1. The molecule has 2 amide bonds. The number of pyridine rings is 1. The molecular weight excluding hydrogens is 330 g/mol. The minimum absolute atomic E-state index is 0.0260. The number of likely N-dealkylation sites (N-methyl/N-ethyl adjacent to an activating group) is 1. The molecule has 0 saturated carbocycles. The molecule has 1 aromatic carbocycles. The molecule has 2 rings (SSSR count). The summed E-state index contributed by atoms with van der Waals surface area (Å²) in [5.41, 5.74) is 3.05. The third-order valence-corrected chi connectivity index (χ3v) is 3.99. The van der Waals surface area contributed by atoms with Crippen molar-refractivity contribution in [3.8, 4) is 11.6 Å². The molecule has 1 N–H and O–H groups in total. The highest BCUT2D eigenvalue weighted by atomic mass is 16.5. The minimum Gasteiger partial charge on any atom is -0.439 e. The fourth-order valence-corrected chi connectivity index (χ4v) is 2.27. The predicted octanol–water partition coefficient (Wildman–Crippen LogP) is 2.75. The van der Waals surface area contributed by atoms with Crippen molar-refractivity contribution in [1.82, 2.24) is 15.2 Å². The highest BCUT2D eigenvalue weighted by Crippen LogP contribution is 2.25. The van der Waals surface area contributed by atoms with Crippen LogP contribution < -0.4 is 10.1 Å². The highest BCUT2D eigenvalue weighted by molar-refractivity contribution is 5.90. The topological polar surface area (TPSA) is 71.5 Å². The van der Waals surface area contributed by atoms with Crippen molar-refractivity contribution >= 4 is 11.8 Å². The van der Waals surface area contributed by atoms with E-state index in [0.29, 0.717) is 12.4 Å². The lowest BCUT2D eigenvalue weighted by Gasteiger charge is -2.15. The Bertz CT molecular complexity index is 818. The van der Waals surface area contributed by atoms with E-state index in [-0.39, 0.29) is 18.4 Å². The summed E-state index contributed by atoms with van der Waals surface area (Å²) >= 11 is 0. The molecular formula is C20H23N3O3. The number of aryl methyl sites for hydroxylation is 1. The van der Waals surface area contributed by atoms with Gasteiger partial charge in [0.2, 0.25) is 17.7 Å². The summed E-state index contributed by atoms with van der Waals surface area (Å²) in [6.07, 6.45) is 2.81. The van der Waals surface area contributed by atoms with Crippen LogP contribution in [0.15, 0.2) is 49.2 Å². The monoisotopic (exact) mass is 353 g/mol. The van der Waals surface area contributed by atoms with Gasteiger partial charge in [-0.05, 0) is 48.7 Å². The minimum atomic E-state index is -0.298. The van der Waals surface area contributed by atoms with Crippen molar-refractivity contribution in [2.45, 2.75) is 20.4 Å². The van der Waals surface area contributed by atoms with Crippen LogP contribution in [-0.4, -0.2) is 35.3 Å². The van der Waals surface area contributed by atoms with Crippen LogP contribution >= 0.6 is 0 Å². The Morgan fingerprint density at radius 1 is 1.31 bits per heavy atom. The molecule has 0 aliphatic carbocycles. The van der Waals surface area contributed by atoms with Gasteiger partial charge in [-0.1, -0.05) is 18.7 Å². The number of nitrogens with zero attached hydrogens (tertiary/aromatic N) is 2. The van der Waals surface area contributed by atoms with E-state index in [0.717, 1.165) is 22.4 Å². The molecule has 1 heterocycles. The van der Waals surface area contributed by atoms with Gasteiger partial charge >= 0.3 is 0 Å². The van der Waals surface area contributed by atoms with E-state index in [1.165, 1.54) is 11.0 Å². The van der Waals surface area contributed by atoms with Crippen molar-refractivity contribution in [1.29, 1.82) is 0 Å². The Morgan fingerprint density at radius 3 is 2.81 bits per heavy atom. The molecule has 0 unspecified atom stereocenters. The van der Waals surface area contributed by atoms with Gasteiger partial charge in [-0.2, -0.15) is 0 Å². The van der Waals surface area contributed by atoms with Crippen LogP contribution in [0, 0.1) is 13.8 Å². The van der Waals surface area contributed by atoms with Crippen molar-refractivity contribution in [2.75, 3.05) is 13.6 Å². The van der Waals surface area contributed by atoms with Gasteiger partial charge < -0.3 is 15.0 Å². The lowest BCUT2D eigenvalue weighted by atomic mass is 10.1. The molecule has 0 saturated heterocycles. The fourth-order valence-electron chi connectivity index (χ4n) is 2.27. The predicted molar refractivity (Wildman–Crippen MR) is 99.9 cm³/mol. The molecule has 0 aliphatic rings.